The van der Waals surface area contributed by atoms with E-state index in [1.54, 1.807) is 16.4 Å². The van der Waals surface area contributed by atoms with Gasteiger partial charge in [-0.25, -0.2) is 8.42 Å². The molecule has 0 amide bonds. The molecule has 0 aromatic heterocycles. The van der Waals surface area contributed by atoms with Crippen LogP contribution in [0.3, 0.4) is 0 Å². The van der Waals surface area contributed by atoms with Crippen LogP contribution in [0.4, 0.5) is 0 Å². The number of hydrogen-bond donors (Lipinski definition) is 2. The molecule has 3 N–H and O–H groups in total. The Hall–Kier alpha value is -0.950. The van der Waals surface area contributed by atoms with Crippen molar-refractivity contribution >= 4 is 10.0 Å². The molecule has 2 saturated heterocycles. The molecule has 3 rings (SSSR count). The van der Waals surface area contributed by atoms with Crippen molar-refractivity contribution < 1.29 is 13.5 Å². The minimum absolute atomic E-state index is 0.0580. The lowest BCUT2D eigenvalue weighted by atomic mass is 10.0. The molecule has 21 heavy (non-hydrogen) atoms. The van der Waals surface area contributed by atoms with Gasteiger partial charge in [0.15, 0.2) is 0 Å². The Morgan fingerprint density at radius 2 is 1.90 bits per heavy atom. The molecule has 0 radical (unpaired) electrons. The van der Waals surface area contributed by atoms with E-state index in [9.17, 15) is 13.5 Å². The number of nitrogens with zero attached hydrogens (tertiary/aromatic N) is 1. The van der Waals surface area contributed by atoms with Crippen LogP contribution in [0.2, 0.25) is 0 Å². The summed E-state index contributed by atoms with van der Waals surface area (Å²) in [5.41, 5.74) is 7.28. The number of aliphatic hydroxyl groups is 1. The monoisotopic (exact) mass is 310 g/mol. The van der Waals surface area contributed by atoms with E-state index in [1.165, 1.54) is 0 Å². The number of hydrogen-bond acceptors (Lipinski definition) is 4. The van der Waals surface area contributed by atoms with Crippen LogP contribution in [0.1, 0.15) is 36.8 Å². The lowest BCUT2D eigenvalue weighted by Gasteiger charge is -2.36. The lowest BCUT2D eigenvalue weighted by Crippen LogP contribution is -2.47. The fraction of sp³-hybridized carbons (Fsp3) is 0.600. The largest absolute Gasteiger partial charge is 0.393 e. The highest BCUT2D eigenvalue weighted by atomic mass is 32.2. The van der Waals surface area contributed by atoms with Crippen LogP contribution in [0.5, 0.6) is 0 Å². The number of aliphatic hydroxyl groups excluding tert-OH is 1. The summed E-state index contributed by atoms with van der Waals surface area (Å²) >= 11 is 0. The Morgan fingerprint density at radius 3 is 2.43 bits per heavy atom. The SMILES string of the molecule is Cc1cc(CN)ccc1S(=O)(=O)N1C2CCC1CC(O)C2. The highest BCUT2D eigenvalue weighted by Gasteiger charge is 2.47. The van der Waals surface area contributed by atoms with Gasteiger partial charge in [0, 0.05) is 18.6 Å². The zero-order chi connectivity index (χ0) is 15.2. The molecule has 2 atom stereocenters. The van der Waals surface area contributed by atoms with Crippen LogP contribution < -0.4 is 5.73 Å². The minimum atomic E-state index is -3.50. The van der Waals surface area contributed by atoms with Gasteiger partial charge in [0.1, 0.15) is 0 Å². The van der Waals surface area contributed by atoms with E-state index in [0.29, 0.717) is 24.3 Å². The third-order valence-corrected chi connectivity index (χ3v) is 6.84. The normalized spacial score (nSPS) is 29.8. The summed E-state index contributed by atoms with van der Waals surface area (Å²) < 4.78 is 27.6. The number of rotatable bonds is 3. The highest BCUT2D eigenvalue weighted by molar-refractivity contribution is 7.89. The third kappa shape index (κ3) is 2.50. The fourth-order valence-electron chi connectivity index (χ4n) is 3.74. The zero-order valence-electron chi connectivity index (χ0n) is 12.2. The molecule has 2 fully saturated rings. The van der Waals surface area contributed by atoms with Gasteiger partial charge >= 0.3 is 0 Å². The Morgan fingerprint density at radius 1 is 1.29 bits per heavy atom. The van der Waals surface area contributed by atoms with E-state index in [4.69, 9.17) is 5.73 Å². The fourth-order valence-corrected chi connectivity index (χ4v) is 5.84. The molecule has 2 bridgehead atoms. The summed E-state index contributed by atoms with van der Waals surface area (Å²) in [6.07, 6.45) is 2.43. The third-order valence-electron chi connectivity index (χ3n) is 4.67. The molecule has 1 aromatic rings. The van der Waals surface area contributed by atoms with Crippen molar-refractivity contribution in [1.29, 1.82) is 0 Å². The van der Waals surface area contributed by atoms with Crippen LogP contribution in [0, 0.1) is 6.92 Å². The second kappa shape index (κ2) is 5.35. The lowest BCUT2D eigenvalue weighted by molar-refractivity contribution is 0.0768. The number of sulfonamides is 1. The average Bonchev–Trinajstić information content (AvgIpc) is 2.72. The zero-order valence-corrected chi connectivity index (χ0v) is 13.0. The molecule has 5 nitrogen and oxygen atoms in total. The van der Waals surface area contributed by atoms with Crippen LogP contribution in [-0.2, 0) is 16.6 Å². The number of nitrogens with two attached hydrogens (primary N) is 1. The quantitative estimate of drug-likeness (QED) is 0.876. The van der Waals surface area contributed by atoms with Gasteiger partial charge in [-0.05, 0) is 49.8 Å². The van der Waals surface area contributed by atoms with Crippen molar-refractivity contribution in [2.24, 2.45) is 5.73 Å². The van der Waals surface area contributed by atoms with E-state index >= 15 is 0 Å². The number of benzene rings is 1. The van der Waals surface area contributed by atoms with Crippen molar-refractivity contribution in [3.05, 3.63) is 29.3 Å². The predicted molar refractivity (Wildman–Crippen MR) is 80.1 cm³/mol. The van der Waals surface area contributed by atoms with Gasteiger partial charge < -0.3 is 10.8 Å². The van der Waals surface area contributed by atoms with E-state index < -0.39 is 10.0 Å². The summed E-state index contributed by atoms with van der Waals surface area (Å²) in [7, 11) is -3.50. The summed E-state index contributed by atoms with van der Waals surface area (Å²) in [6.45, 7) is 2.22. The number of fused-ring (bicyclic) bond motifs is 2. The second-order valence-electron chi connectivity index (χ2n) is 6.15. The molecule has 2 unspecified atom stereocenters. The number of aryl methyl sites for hydroxylation is 1. The molecule has 2 aliphatic rings. The summed E-state index contributed by atoms with van der Waals surface area (Å²) in [5, 5.41) is 9.83. The molecular weight excluding hydrogens is 288 g/mol. The summed E-state index contributed by atoms with van der Waals surface area (Å²) in [4.78, 5) is 0.369. The first-order chi connectivity index (χ1) is 9.93. The molecule has 2 heterocycles. The Bertz CT molecular complexity index is 630. The van der Waals surface area contributed by atoms with Crippen LogP contribution in [0.25, 0.3) is 0 Å². The molecule has 0 spiro atoms. The maximum Gasteiger partial charge on any atom is 0.243 e. The molecule has 1 aromatic carbocycles. The Labute approximate surface area is 125 Å². The molecule has 2 aliphatic heterocycles. The van der Waals surface area contributed by atoms with Gasteiger partial charge in [-0.1, -0.05) is 12.1 Å². The molecule has 6 heteroatoms. The minimum Gasteiger partial charge on any atom is -0.393 e. The second-order valence-corrected chi connectivity index (χ2v) is 7.96. The topological polar surface area (TPSA) is 83.6 Å². The number of piperidine rings is 1. The van der Waals surface area contributed by atoms with Gasteiger partial charge in [0.2, 0.25) is 10.0 Å². The van der Waals surface area contributed by atoms with Gasteiger partial charge in [0.25, 0.3) is 0 Å². The van der Waals surface area contributed by atoms with Gasteiger partial charge in [-0.3, -0.25) is 0 Å². The molecule has 0 aliphatic carbocycles. The van der Waals surface area contributed by atoms with Gasteiger partial charge in [0.05, 0.1) is 11.0 Å². The van der Waals surface area contributed by atoms with Crippen molar-refractivity contribution in [3.63, 3.8) is 0 Å². The summed E-state index contributed by atoms with van der Waals surface area (Å²) in [6, 6.07) is 5.17. The Balaban J connectivity index is 1.98. The first-order valence-electron chi connectivity index (χ1n) is 7.44. The van der Waals surface area contributed by atoms with E-state index in [1.807, 2.05) is 13.0 Å². The smallest absolute Gasteiger partial charge is 0.243 e. The van der Waals surface area contributed by atoms with Gasteiger partial charge in [-0.15, -0.1) is 0 Å². The maximum atomic E-state index is 13.0. The van der Waals surface area contributed by atoms with Crippen molar-refractivity contribution in [2.75, 3.05) is 0 Å². The van der Waals surface area contributed by atoms with Crippen molar-refractivity contribution in [3.8, 4) is 0 Å². The Kier molecular flexibility index (Phi) is 3.81. The maximum absolute atomic E-state index is 13.0. The molecule has 0 saturated carbocycles. The first-order valence-corrected chi connectivity index (χ1v) is 8.88. The highest BCUT2D eigenvalue weighted by Crippen LogP contribution is 2.40. The van der Waals surface area contributed by atoms with Crippen molar-refractivity contribution in [2.45, 2.75) is 62.2 Å². The van der Waals surface area contributed by atoms with E-state index in [-0.39, 0.29) is 18.2 Å². The predicted octanol–water partition coefficient (Wildman–Crippen LogP) is 1.13. The first kappa shape index (κ1) is 15.0. The van der Waals surface area contributed by atoms with E-state index in [2.05, 4.69) is 0 Å². The van der Waals surface area contributed by atoms with Crippen molar-refractivity contribution in [1.82, 2.24) is 4.31 Å². The van der Waals surface area contributed by atoms with E-state index in [0.717, 1.165) is 24.0 Å². The summed E-state index contributed by atoms with van der Waals surface area (Å²) in [5.74, 6) is 0. The van der Waals surface area contributed by atoms with Gasteiger partial charge in [-0.2, -0.15) is 4.31 Å². The van der Waals surface area contributed by atoms with Crippen LogP contribution >= 0.6 is 0 Å². The van der Waals surface area contributed by atoms with Crippen LogP contribution in [-0.4, -0.2) is 36.0 Å². The standard InChI is InChI=1S/C15H22N2O3S/c1-10-6-11(9-16)2-5-15(10)21(19,20)17-12-3-4-13(17)8-14(18)7-12/h2,5-6,12-14,18H,3-4,7-9,16H2,1H3. The molecular formula is C15H22N2O3S. The van der Waals surface area contributed by atoms with Crippen LogP contribution in [0.15, 0.2) is 23.1 Å². The molecule has 116 valence electrons. The average molecular weight is 310 g/mol.